The maximum atomic E-state index is 11.0. The van der Waals surface area contributed by atoms with Crippen LogP contribution in [0.25, 0.3) is 0 Å². The molecular formula is C19H32ClIN4O3S. The Balaban J connectivity index is 0.00000420. The topological polar surface area (TPSA) is 83.0 Å². The highest BCUT2D eigenvalue weighted by Gasteiger charge is 2.20. The summed E-state index contributed by atoms with van der Waals surface area (Å²) in [6.45, 7) is 4.26. The molecule has 0 aliphatic carbocycles. The van der Waals surface area contributed by atoms with Gasteiger partial charge in [0.15, 0.2) is 5.96 Å². The summed E-state index contributed by atoms with van der Waals surface area (Å²) in [5.41, 5.74) is 1.28. The second kappa shape index (κ2) is 13.6. The van der Waals surface area contributed by atoms with Gasteiger partial charge < -0.3 is 15.4 Å². The van der Waals surface area contributed by atoms with Crippen LogP contribution < -0.4 is 10.6 Å². The van der Waals surface area contributed by atoms with Gasteiger partial charge in [0.25, 0.3) is 0 Å². The average molecular weight is 559 g/mol. The zero-order chi connectivity index (χ0) is 20.4. The fraction of sp³-hybridized carbons (Fsp3) is 0.632. The van der Waals surface area contributed by atoms with Gasteiger partial charge in [-0.25, -0.2) is 8.42 Å². The van der Waals surface area contributed by atoms with Gasteiger partial charge in [-0.3, -0.25) is 9.89 Å². The highest BCUT2D eigenvalue weighted by atomic mass is 127. The Labute approximate surface area is 196 Å². The number of guanidine groups is 1. The van der Waals surface area contributed by atoms with Gasteiger partial charge in [0.2, 0.25) is 0 Å². The van der Waals surface area contributed by atoms with Crippen molar-refractivity contribution in [1.82, 2.24) is 15.5 Å². The first-order valence-corrected chi connectivity index (χ1v) is 12.0. The molecule has 0 atom stereocenters. The zero-order valence-corrected chi connectivity index (χ0v) is 21.0. The van der Waals surface area contributed by atoms with Crippen LogP contribution in [0.1, 0.15) is 18.4 Å². The second-order valence-electron chi connectivity index (χ2n) is 7.06. The minimum Gasteiger partial charge on any atom is -0.379 e. The molecule has 29 heavy (non-hydrogen) atoms. The van der Waals surface area contributed by atoms with Gasteiger partial charge in [0.05, 0.1) is 19.0 Å². The van der Waals surface area contributed by atoms with Crippen LogP contribution in [-0.4, -0.2) is 77.2 Å². The lowest BCUT2D eigenvalue weighted by Gasteiger charge is -2.33. The van der Waals surface area contributed by atoms with Crippen molar-refractivity contribution in [2.24, 2.45) is 4.99 Å². The fourth-order valence-electron chi connectivity index (χ4n) is 3.03. The lowest BCUT2D eigenvalue weighted by Crippen LogP contribution is -2.49. The summed E-state index contributed by atoms with van der Waals surface area (Å²) in [6.07, 6.45) is 3.32. The smallest absolute Gasteiger partial charge is 0.191 e. The number of hydrogen-bond donors (Lipinski definition) is 2. The first-order chi connectivity index (χ1) is 13.4. The Kier molecular flexibility index (Phi) is 12.4. The van der Waals surface area contributed by atoms with Crippen LogP contribution in [0.3, 0.4) is 0 Å². The van der Waals surface area contributed by atoms with Crippen molar-refractivity contribution in [1.29, 1.82) is 0 Å². The van der Waals surface area contributed by atoms with Crippen LogP contribution >= 0.6 is 35.6 Å². The zero-order valence-electron chi connectivity index (χ0n) is 17.1. The number of piperidine rings is 1. The molecule has 1 heterocycles. The van der Waals surface area contributed by atoms with E-state index >= 15 is 0 Å². The average Bonchev–Trinajstić information content (AvgIpc) is 2.66. The van der Waals surface area contributed by atoms with Gasteiger partial charge in [0.1, 0.15) is 9.84 Å². The van der Waals surface area contributed by atoms with Gasteiger partial charge in [-0.1, -0.05) is 23.7 Å². The lowest BCUT2D eigenvalue weighted by atomic mass is 10.0. The number of nitrogens with one attached hydrogen (secondary N) is 2. The molecule has 0 amide bonds. The molecule has 1 saturated heterocycles. The van der Waals surface area contributed by atoms with Crippen LogP contribution in [0, 0.1) is 0 Å². The molecule has 1 aromatic rings. The summed E-state index contributed by atoms with van der Waals surface area (Å²) < 4.78 is 27.4. The van der Waals surface area contributed by atoms with Gasteiger partial charge >= 0.3 is 0 Å². The van der Waals surface area contributed by atoms with E-state index in [-0.39, 0.29) is 36.3 Å². The standard InChI is InChI=1S/C19H31ClN4O3S.HI/c1-21-19(22-9-12-27-13-14-28(2,25)26)23-18-7-10-24(11-8-18)15-16-3-5-17(20)6-4-16;/h3-6,18H,7-15H2,1-2H3,(H2,21,22,23);1H. The molecule has 2 rings (SSSR count). The SMILES string of the molecule is CN=C(NCCOCCS(C)(=O)=O)NC1CCN(Cc2ccc(Cl)cc2)CC1.I. The molecule has 2 N–H and O–H groups in total. The van der Waals surface area contributed by atoms with Crippen LogP contribution in [0.5, 0.6) is 0 Å². The number of ether oxygens (including phenoxy) is 1. The first-order valence-electron chi connectivity index (χ1n) is 9.55. The number of sulfone groups is 1. The van der Waals surface area contributed by atoms with E-state index in [1.807, 2.05) is 12.1 Å². The summed E-state index contributed by atoms with van der Waals surface area (Å²) in [4.78, 5) is 6.70. The Bertz CT molecular complexity index is 723. The quantitative estimate of drug-likeness (QED) is 0.209. The number of hydrogen-bond acceptors (Lipinski definition) is 5. The molecule has 0 spiro atoms. The van der Waals surface area contributed by atoms with E-state index in [4.69, 9.17) is 16.3 Å². The largest absolute Gasteiger partial charge is 0.379 e. The molecule has 0 radical (unpaired) electrons. The van der Waals surface area contributed by atoms with E-state index in [9.17, 15) is 8.42 Å². The Hall–Kier alpha value is -0.620. The van der Waals surface area contributed by atoms with Crippen LogP contribution in [0.2, 0.25) is 5.02 Å². The van der Waals surface area contributed by atoms with Crippen molar-refractivity contribution in [3.63, 3.8) is 0 Å². The van der Waals surface area contributed by atoms with Gasteiger partial charge in [0, 0.05) is 50.5 Å². The van der Waals surface area contributed by atoms with Gasteiger partial charge in [-0.2, -0.15) is 0 Å². The highest BCUT2D eigenvalue weighted by Crippen LogP contribution is 2.15. The van der Waals surface area contributed by atoms with E-state index in [0.29, 0.717) is 19.2 Å². The number of nitrogens with zero attached hydrogens (tertiary/aromatic N) is 2. The normalized spacial score (nSPS) is 16.3. The Morgan fingerprint density at radius 3 is 2.48 bits per heavy atom. The summed E-state index contributed by atoms with van der Waals surface area (Å²) in [5.74, 6) is 0.803. The number of benzene rings is 1. The van der Waals surface area contributed by atoms with Gasteiger partial charge in [-0.05, 0) is 30.5 Å². The maximum Gasteiger partial charge on any atom is 0.191 e. The summed E-state index contributed by atoms with van der Waals surface area (Å²) >= 11 is 5.94. The third kappa shape index (κ3) is 11.4. The van der Waals surface area contributed by atoms with E-state index < -0.39 is 9.84 Å². The second-order valence-corrected chi connectivity index (χ2v) is 9.76. The minimum absolute atomic E-state index is 0. The monoisotopic (exact) mass is 558 g/mol. The van der Waals surface area contributed by atoms with Crippen molar-refractivity contribution in [2.45, 2.75) is 25.4 Å². The molecule has 1 aliphatic heterocycles. The highest BCUT2D eigenvalue weighted by molar-refractivity contribution is 14.0. The molecule has 0 aromatic heterocycles. The maximum absolute atomic E-state index is 11.0. The molecule has 0 unspecified atom stereocenters. The molecule has 10 heteroatoms. The summed E-state index contributed by atoms with van der Waals surface area (Å²) in [7, 11) is -1.22. The molecule has 1 aromatic carbocycles. The molecule has 0 bridgehead atoms. The van der Waals surface area contributed by atoms with Gasteiger partial charge in [-0.15, -0.1) is 24.0 Å². The number of aliphatic imine (C=N–C) groups is 1. The summed E-state index contributed by atoms with van der Waals surface area (Å²) in [5, 5.41) is 7.43. The lowest BCUT2D eigenvalue weighted by molar-refractivity contribution is 0.153. The van der Waals surface area contributed by atoms with Crippen LogP contribution in [-0.2, 0) is 21.1 Å². The predicted octanol–water partition coefficient (Wildman–Crippen LogP) is 2.15. The van der Waals surface area contributed by atoms with Crippen molar-refractivity contribution in [2.75, 3.05) is 51.9 Å². The third-order valence-corrected chi connectivity index (χ3v) is 5.77. The number of halogens is 2. The van der Waals surface area contributed by atoms with E-state index in [0.717, 1.165) is 43.5 Å². The van der Waals surface area contributed by atoms with E-state index in [1.165, 1.54) is 11.8 Å². The van der Waals surface area contributed by atoms with Crippen LogP contribution in [0.4, 0.5) is 0 Å². The Morgan fingerprint density at radius 2 is 1.90 bits per heavy atom. The van der Waals surface area contributed by atoms with Crippen molar-refractivity contribution >= 4 is 51.4 Å². The van der Waals surface area contributed by atoms with Crippen molar-refractivity contribution < 1.29 is 13.2 Å². The molecule has 1 aliphatic rings. The van der Waals surface area contributed by atoms with Crippen molar-refractivity contribution in [3.8, 4) is 0 Å². The fourth-order valence-corrected chi connectivity index (χ4v) is 3.57. The van der Waals surface area contributed by atoms with E-state index in [1.54, 1.807) is 7.05 Å². The van der Waals surface area contributed by atoms with Crippen LogP contribution in [0.15, 0.2) is 29.3 Å². The number of rotatable bonds is 9. The number of likely N-dealkylation sites (tertiary alicyclic amines) is 1. The van der Waals surface area contributed by atoms with E-state index in [2.05, 4.69) is 32.7 Å². The third-order valence-electron chi connectivity index (χ3n) is 4.61. The predicted molar refractivity (Wildman–Crippen MR) is 130 cm³/mol. The molecule has 0 saturated carbocycles. The molecule has 1 fully saturated rings. The first kappa shape index (κ1) is 26.4. The molecule has 166 valence electrons. The molecule has 7 nitrogen and oxygen atoms in total. The molecular weight excluding hydrogens is 527 g/mol. The Morgan fingerprint density at radius 1 is 1.24 bits per heavy atom. The van der Waals surface area contributed by atoms with Crippen molar-refractivity contribution in [3.05, 3.63) is 34.9 Å². The minimum atomic E-state index is -2.97. The summed E-state index contributed by atoms with van der Waals surface area (Å²) in [6, 6.07) is 8.42.